The van der Waals surface area contributed by atoms with E-state index in [4.69, 9.17) is 53.2 Å². The highest BCUT2D eigenvalue weighted by molar-refractivity contribution is 5.92. The molecule has 0 radical (unpaired) electrons. The largest absolute Gasteiger partial charge is 0.459 e. The Morgan fingerprint density at radius 1 is 0.961 bits per heavy atom. The van der Waals surface area contributed by atoms with Crippen LogP contribution in [0.1, 0.15) is 129 Å². The molecular formula is C54H89FN6O16. The predicted molar refractivity (Wildman–Crippen MR) is 279 cm³/mol. The van der Waals surface area contributed by atoms with E-state index in [2.05, 4.69) is 15.5 Å². The fourth-order valence-corrected chi connectivity index (χ4v) is 11.5. The lowest BCUT2D eigenvalue weighted by Crippen LogP contribution is -2.61. The Balaban J connectivity index is 1.51. The number of esters is 1. The molecule has 0 bridgehead atoms. The summed E-state index contributed by atoms with van der Waals surface area (Å²) in [6.07, 6.45) is -8.52. The highest BCUT2D eigenvalue weighted by Gasteiger charge is 2.54. The maximum atomic E-state index is 14.8. The Morgan fingerprint density at radius 3 is 2.21 bits per heavy atom. The monoisotopic (exact) mass is 1100 g/mol. The number of amides is 1. The zero-order valence-electron chi connectivity index (χ0n) is 47.7. The van der Waals surface area contributed by atoms with Gasteiger partial charge in [0.05, 0.1) is 59.0 Å². The SMILES string of the molecule is CC[C@H]1OC(=O)[C@H](C)[C@@H](O[C@H]2C[C@@](C)(OC)[C@@H](O)[C@H](C)O2)[C@H](C)[C@@H](O[C@@H]2O[C@H](C)C[C@H](N(C)CCc3cn([C@H](CF)[C@H](OC)c4ccc(C(N)=O)cc4)nn3)[C@H]2O)[C@](C)(OC)C[C@@H](C)/C(=N\OCOC)[C@H](C)[C@@H](O)[C@]1(C)O. The third-order valence-electron chi connectivity index (χ3n) is 16.5. The Morgan fingerprint density at radius 2 is 1.62 bits per heavy atom. The average Bonchev–Trinajstić information content (AvgIpc) is 3.88. The van der Waals surface area contributed by atoms with Crippen LogP contribution in [-0.4, -0.2) is 198 Å². The number of likely N-dealkylation sites (N-methyl/N-ethyl adjacent to an activating group) is 1. The molecular weight excluding hydrogens is 1010 g/mol. The van der Waals surface area contributed by atoms with Gasteiger partial charge in [0.2, 0.25) is 12.7 Å². The van der Waals surface area contributed by atoms with Crippen LogP contribution in [0.15, 0.2) is 35.6 Å². The average molecular weight is 1100 g/mol. The molecule has 22 nitrogen and oxygen atoms in total. The molecule has 1 aromatic carbocycles. The molecule has 3 aliphatic rings. The summed E-state index contributed by atoms with van der Waals surface area (Å²) in [7, 11) is 7.80. The second-order valence-electron chi connectivity index (χ2n) is 22.1. The van der Waals surface area contributed by atoms with Crippen LogP contribution in [0.4, 0.5) is 4.39 Å². The van der Waals surface area contributed by atoms with Crippen LogP contribution >= 0.6 is 0 Å². The first-order valence-corrected chi connectivity index (χ1v) is 26.7. The number of nitrogens with zero attached hydrogens (tertiary/aromatic N) is 5. The molecule has 1 amide bonds. The van der Waals surface area contributed by atoms with Gasteiger partial charge in [0.15, 0.2) is 12.6 Å². The molecule has 6 N–H and O–H groups in total. The van der Waals surface area contributed by atoms with Crippen molar-refractivity contribution in [3.05, 3.63) is 47.3 Å². The summed E-state index contributed by atoms with van der Waals surface area (Å²) >= 11 is 0. The van der Waals surface area contributed by atoms with E-state index in [1.165, 1.54) is 40.0 Å². The summed E-state index contributed by atoms with van der Waals surface area (Å²) in [5, 5.41) is 60.8. The Hall–Kier alpha value is -3.82. The van der Waals surface area contributed by atoms with Crippen molar-refractivity contribution in [2.75, 3.05) is 55.5 Å². The van der Waals surface area contributed by atoms with E-state index in [0.29, 0.717) is 41.9 Å². The van der Waals surface area contributed by atoms with Crippen LogP contribution < -0.4 is 5.73 Å². The molecule has 77 heavy (non-hydrogen) atoms. The van der Waals surface area contributed by atoms with Crippen LogP contribution in [0.25, 0.3) is 0 Å². The molecule has 3 fully saturated rings. The van der Waals surface area contributed by atoms with Gasteiger partial charge in [0, 0.05) is 83.4 Å². The zero-order valence-corrected chi connectivity index (χ0v) is 47.7. The van der Waals surface area contributed by atoms with Crippen LogP contribution in [0, 0.1) is 23.7 Å². The molecule has 0 spiro atoms. The van der Waals surface area contributed by atoms with E-state index >= 15 is 0 Å². The number of cyclic esters (lactones) is 1. The van der Waals surface area contributed by atoms with Crippen molar-refractivity contribution in [3.8, 4) is 0 Å². The van der Waals surface area contributed by atoms with E-state index in [0.717, 1.165) is 0 Å². The molecule has 0 aliphatic carbocycles. The van der Waals surface area contributed by atoms with Crippen molar-refractivity contribution in [3.63, 3.8) is 0 Å². The first kappa shape index (κ1) is 64.0. The summed E-state index contributed by atoms with van der Waals surface area (Å²) in [6.45, 7) is 16.8. The van der Waals surface area contributed by atoms with Crippen molar-refractivity contribution < 1.29 is 81.9 Å². The molecule has 3 saturated heterocycles. The Labute approximate surface area is 453 Å². The van der Waals surface area contributed by atoms with Crippen molar-refractivity contribution in [1.82, 2.24) is 19.9 Å². The molecule has 3 aliphatic heterocycles. The number of methoxy groups -OCH3 is 4. The van der Waals surface area contributed by atoms with E-state index in [9.17, 15) is 34.4 Å². The first-order valence-electron chi connectivity index (χ1n) is 26.7. The third-order valence-corrected chi connectivity index (χ3v) is 16.5. The molecule has 23 heteroatoms. The molecule has 438 valence electrons. The number of alkyl halides is 1. The number of aliphatic hydroxyl groups excluding tert-OH is 3. The predicted octanol–water partition coefficient (Wildman–Crippen LogP) is 4.05. The van der Waals surface area contributed by atoms with Crippen LogP contribution in [0.3, 0.4) is 0 Å². The zero-order chi connectivity index (χ0) is 57.3. The normalized spacial score (nSPS) is 38.2. The number of carbonyl (C=O) groups excluding carboxylic acids is 2. The lowest BCUT2D eigenvalue weighted by molar-refractivity contribution is -0.319. The van der Waals surface area contributed by atoms with E-state index < -0.39 is 139 Å². The second-order valence-corrected chi connectivity index (χ2v) is 22.1. The van der Waals surface area contributed by atoms with Gasteiger partial charge in [-0.1, -0.05) is 50.2 Å². The van der Waals surface area contributed by atoms with Gasteiger partial charge in [-0.3, -0.25) is 9.59 Å². The van der Waals surface area contributed by atoms with Crippen molar-refractivity contribution in [1.29, 1.82) is 0 Å². The number of halogens is 1. The van der Waals surface area contributed by atoms with Gasteiger partial charge in [-0.25, -0.2) is 9.07 Å². The smallest absolute Gasteiger partial charge is 0.311 e. The number of rotatable bonds is 20. The number of benzene rings is 1. The topological polar surface area (TPSA) is 280 Å². The number of aromatic nitrogens is 3. The number of ether oxygens (including phenoxy) is 9. The van der Waals surface area contributed by atoms with E-state index in [1.807, 2.05) is 39.6 Å². The number of hydrogen-bond donors (Lipinski definition) is 5. The minimum Gasteiger partial charge on any atom is -0.459 e. The van der Waals surface area contributed by atoms with Gasteiger partial charge in [0.25, 0.3) is 0 Å². The highest BCUT2D eigenvalue weighted by Crippen LogP contribution is 2.42. The van der Waals surface area contributed by atoms with Gasteiger partial charge in [-0.05, 0) is 85.5 Å². The van der Waals surface area contributed by atoms with Gasteiger partial charge in [-0.15, -0.1) is 5.10 Å². The molecule has 0 unspecified atom stereocenters. The van der Waals surface area contributed by atoms with Crippen molar-refractivity contribution in [2.45, 2.75) is 198 Å². The van der Waals surface area contributed by atoms with Gasteiger partial charge in [-0.2, -0.15) is 0 Å². The minimum atomic E-state index is -1.98. The number of oxime groups is 1. The van der Waals surface area contributed by atoms with Crippen LogP contribution in [-0.2, 0) is 58.7 Å². The van der Waals surface area contributed by atoms with E-state index in [1.54, 1.807) is 65.1 Å². The summed E-state index contributed by atoms with van der Waals surface area (Å²) < 4.78 is 72.4. The Bertz CT molecular complexity index is 2210. The fraction of sp³-hybridized carbons (Fsp3) is 0.796. The Kier molecular flexibility index (Phi) is 22.9. The molecule has 2 aromatic rings. The molecule has 1 aromatic heterocycles. The van der Waals surface area contributed by atoms with Gasteiger partial charge in [0.1, 0.15) is 42.7 Å². The van der Waals surface area contributed by atoms with Gasteiger partial charge < -0.3 is 78.5 Å². The summed E-state index contributed by atoms with van der Waals surface area (Å²) in [4.78, 5) is 33.9. The minimum absolute atomic E-state index is 0.0756. The molecule has 20 atom stereocenters. The number of aliphatic hydroxyl groups is 4. The number of nitrogens with two attached hydrogens (primary N) is 1. The van der Waals surface area contributed by atoms with Crippen molar-refractivity contribution in [2.24, 2.45) is 34.6 Å². The number of carbonyl (C=O) groups is 2. The molecule has 4 heterocycles. The second kappa shape index (κ2) is 27.6. The third kappa shape index (κ3) is 14.8. The fourth-order valence-electron chi connectivity index (χ4n) is 11.5. The lowest BCUT2D eigenvalue weighted by Gasteiger charge is -2.50. The quantitative estimate of drug-likeness (QED) is 0.0541. The maximum absolute atomic E-state index is 14.8. The maximum Gasteiger partial charge on any atom is 0.311 e. The standard InChI is InChI=1S/C54H89FN6O16/c1-16-40-54(10,67)46(63)31(4)42(58-72-28-68-12)29(2)24-53(9,71-15)48(32(5)44(33(6)50(66)75-40)76-41-25-52(8,70-14)47(64)34(7)74-41)77-51-43(62)38(23-30(3)73-51)60(11)22-21-37-27-61(59-57-37)39(26-55)45(69-13)35-17-19-36(20-18-35)49(56)65/h17-20,27,29-34,38-41,43-48,51,62-64,67H,16,21-26,28H2,1-15H3,(H2,56,65)/b58-42+/t29-,30-,31+,32+,33-,34+,38+,39-,40-,41+,43-,44+,45-,46-,47+,48-,51+,52-,53-,54-/m1/s1. The first-order chi connectivity index (χ1) is 36.2. The molecule has 0 saturated carbocycles. The lowest BCUT2D eigenvalue weighted by atomic mass is 9.73. The molecule has 5 rings (SSSR count). The summed E-state index contributed by atoms with van der Waals surface area (Å²) in [5.41, 5.74) is 2.88. The number of primary amides is 1. The van der Waals surface area contributed by atoms with Crippen molar-refractivity contribution >= 4 is 17.6 Å². The van der Waals surface area contributed by atoms with E-state index in [-0.39, 0.29) is 26.1 Å². The number of hydrogen-bond acceptors (Lipinski definition) is 20. The van der Waals surface area contributed by atoms with Crippen LogP contribution in [0.2, 0.25) is 0 Å². The van der Waals surface area contributed by atoms with Crippen LogP contribution in [0.5, 0.6) is 0 Å². The summed E-state index contributed by atoms with van der Waals surface area (Å²) in [5.74, 6) is -4.63. The van der Waals surface area contributed by atoms with Gasteiger partial charge >= 0.3 is 5.97 Å². The summed E-state index contributed by atoms with van der Waals surface area (Å²) in [6, 6.07) is 5.04. The highest BCUT2D eigenvalue weighted by atomic mass is 19.1.